The quantitative estimate of drug-likeness (QED) is 0.283. The van der Waals surface area contributed by atoms with Gasteiger partial charge in [-0.3, -0.25) is 0 Å². The summed E-state index contributed by atoms with van der Waals surface area (Å²) in [5.41, 5.74) is 11.6. The van der Waals surface area contributed by atoms with Crippen molar-refractivity contribution in [2.24, 2.45) is 0 Å². The standard InChI is InChI=1S/C32H22N2/c1-2-7-20(8-3-1)21-15-17-24(18-16-21)34-28-12-5-4-10-25(28)26-19-23-14-13-22-9-6-11-27-29(22)30(23)31(33-27)32(26)34/h1-12,15-19,33H,13-14H2. The van der Waals surface area contributed by atoms with Crippen LogP contribution < -0.4 is 0 Å². The first-order chi connectivity index (χ1) is 16.9. The number of nitrogens with one attached hydrogen (secondary N) is 1. The van der Waals surface area contributed by atoms with Crippen LogP contribution in [0.1, 0.15) is 11.1 Å². The molecule has 7 aromatic rings. The molecule has 0 radical (unpaired) electrons. The Morgan fingerprint density at radius 3 is 2.24 bits per heavy atom. The smallest absolute Gasteiger partial charge is 0.0783 e. The number of rotatable bonds is 2. The molecule has 0 bridgehead atoms. The SMILES string of the molecule is c1ccc(-c2ccc(-n3c4ccccc4c4cc5c6c([nH]c7cccc(c76)CC5)c43)cc2)cc1. The van der Waals surface area contributed by atoms with Crippen molar-refractivity contribution in [2.45, 2.75) is 12.8 Å². The number of H-pyrrole nitrogens is 1. The minimum Gasteiger partial charge on any atom is -0.353 e. The summed E-state index contributed by atoms with van der Waals surface area (Å²) in [4.78, 5) is 3.83. The Balaban J connectivity index is 1.49. The van der Waals surface area contributed by atoms with Crippen LogP contribution in [0.2, 0.25) is 0 Å². The summed E-state index contributed by atoms with van der Waals surface area (Å²) in [7, 11) is 0. The average Bonchev–Trinajstić information content (AvgIpc) is 3.45. The first kappa shape index (κ1) is 18.2. The van der Waals surface area contributed by atoms with Crippen molar-refractivity contribution in [2.75, 3.05) is 0 Å². The third-order valence-corrected chi connectivity index (χ3v) is 7.60. The molecule has 0 saturated carbocycles. The Labute approximate surface area is 197 Å². The maximum absolute atomic E-state index is 3.83. The molecule has 0 spiro atoms. The zero-order valence-corrected chi connectivity index (χ0v) is 18.7. The van der Waals surface area contributed by atoms with Gasteiger partial charge in [-0.1, -0.05) is 72.8 Å². The largest absolute Gasteiger partial charge is 0.353 e. The molecule has 2 heteroatoms. The summed E-state index contributed by atoms with van der Waals surface area (Å²) >= 11 is 0. The third kappa shape index (κ3) is 2.35. The Hall–Kier alpha value is -4.30. The molecule has 2 aromatic heterocycles. The molecular weight excluding hydrogens is 412 g/mol. The van der Waals surface area contributed by atoms with E-state index >= 15 is 0 Å². The van der Waals surface area contributed by atoms with E-state index in [1.165, 1.54) is 71.6 Å². The molecule has 8 rings (SSSR count). The number of hydrogen-bond donors (Lipinski definition) is 1. The molecule has 160 valence electrons. The lowest BCUT2D eigenvalue weighted by Gasteiger charge is -2.15. The van der Waals surface area contributed by atoms with Crippen molar-refractivity contribution >= 4 is 43.6 Å². The average molecular weight is 435 g/mol. The van der Waals surface area contributed by atoms with E-state index in [9.17, 15) is 0 Å². The molecule has 1 aliphatic rings. The first-order valence-corrected chi connectivity index (χ1v) is 12.0. The van der Waals surface area contributed by atoms with E-state index in [2.05, 4.69) is 113 Å². The van der Waals surface area contributed by atoms with Crippen molar-refractivity contribution in [3.05, 3.63) is 114 Å². The maximum atomic E-state index is 3.83. The van der Waals surface area contributed by atoms with E-state index in [4.69, 9.17) is 0 Å². The van der Waals surface area contributed by atoms with Crippen LogP contribution in [0, 0.1) is 0 Å². The van der Waals surface area contributed by atoms with E-state index in [0.717, 1.165) is 12.8 Å². The predicted molar refractivity (Wildman–Crippen MR) is 143 cm³/mol. The van der Waals surface area contributed by atoms with Gasteiger partial charge >= 0.3 is 0 Å². The number of aromatic amines is 1. The fourth-order valence-corrected chi connectivity index (χ4v) is 6.10. The van der Waals surface area contributed by atoms with Crippen molar-refractivity contribution in [3.8, 4) is 16.8 Å². The van der Waals surface area contributed by atoms with E-state index in [-0.39, 0.29) is 0 Å². The zero-order valence-electron chi connectivity index (χ0n) is 18.7. The van der Waals surface area contributed by atoms with Crippen LogP contribution >= 0.6 is 0 Å². The Morgan fingerprint density at radius 1 is 0.588 bits per heavy atom. The normalized spacial score (nSPS) is 13.1. The number of para-hydroxylation sites is 1. The summed E-state index contributed by atoms with van der Waals surface area (Å²) < 4.78 is 2.45. The Kier molecular flexibility index (Phi) is 3.53. The number of nitrogens with zero attached hydrogens (tertiary/aromatic N) is 1. The number of hydrogen-bond acceptors (Lipinski definition) is 0. The highest BCUT2D eigenvalue weighted by molar-refractivity contribution is 6.24. The van der Waals surface area contributed by atoms with E-state index in [0.29, 0.717) is 0 Å². The summed E-state index contributed by atoms with van der Waals surface area (Å²) in [6.45, 7) is 0. The van der Waals surface area contributed by atoms with Crippen molar-refractivity contribution in [1.82, 2.24) is 9.55 Å². The van der Waals surface area contributed by atoms with Gasteiger partial charge in [0.1, 0.15) is 0 Å². The summed E-state index contributed by atoms with van der Waals surface area (Å²) in [6, 6.07) is 37.6. The topological polar surface area (TPSA) is 20.7 Å². The first-order valence-electron chi connectivity index (χ1n) is 12.0. The predicted octanol–water partition coefficient (Wildman–Crippen LogP) is 8.18. The number of aryl methyl sites for hydroxylation is 2. The molecule has 2 heterocycles. The van der Waals surface area contributed by atoms with Crippen LogP contribution in [0.5, 0.6) is 0 Å². The van der Waals surface area contributed by atoms with Crippen LogP contribution in [0.15, 0.2) is 103 Å². The second-order valence-corrected chi connectivity index (χ2v) is 9.41. The van der Waals surface area contributed by atoms with Gasteiger partial charge in [-0.2, -0.15) is 0 Å². The molecule has 5 aromatic carbocycles. The lowest BCUT2D eigenvalue weighted by Crippen LogP contribution is -1.99. The van der Waals surface area contributed by atoms with E-state index in [1.807, 2.05) is 0 Å². The summed E-state index contributed by atoms with van der Waals surface area (Å²) in [6.07, 6.45) is 2.21. The van der Waals surface area contributed by atoms with Gasteiger partial charge in [-0.15, -0.1) is 0 Å². The third-order valence-electron chi connectivity index (χ3n) is 7.60. The van der Waals surface area contributed by atoms with Gasteiger partial charge < -0.3 is 9.55 Å². The zero-order chi connectivity index (χ0) is 22.2. The van der Waals surface area contributed by atoms with Gasteiger partial charge in [0.15, 0.2) is 0 Å². The molecule has 0 atom stereocenters. The number of fused-ring (bicyclic) bond motifs is 4. The molecule has 0 aliphatic heterocycles. The molecule has 0 saturated heterocycles. The molecular formula is C32H22N2. The van der Waals surface area contributed by atoms with Gasteiger partial charge in [0, 0.05) is 32.7 Å². The van der Waals surface area contributed by atoms with Crippen LogP contribution in [-0.4, -0.2) is 9.55 Å². The summed E-state index contributed by atoms with van der Waals surface area (Å²) in [5, 5.41) is 5.47. The van der Waals surface area contributed by atoms with Crippen molar-refractivity contribution in [3.63, 3.8) is 0 Å². The van der Waals surface area contributed by atoms with E-state index < -0.39 is 0 Å². The maximum Gasteiger partial charge on any atom is 0.0783 e. The molecule has 1 aliphatic carbocycles. The van der Waals surface area contributed by atoms with Gasteiger partial charge in [0.2, 0.25) is 0 Å². The van der Waals surface area contributed by atoms with Crippen molar-refractivity contribution < 1.29 is 0 Å². The monoisotopic (exact) mass is 434 g/mol. The minimum absolute atomic E-state index is 1.10. The lowest BCUT2D eigenvalue weighted by molar-refractivity contribution is 0.971. The molecule has 34 heavy (non-hydrogen) atoms. The van der Waals surface area contributed by atoms with Gasteiger partial charge in [-0.25, -0.2) is 0 Å². The fraction of sp³-hybridized carbons (Fsp3) is 0.0625. The number of benzene rings is 5. The van der Waals surface area contributed by atoms with Crippen LogP contribution in [0.4, 0.5) is 0 Å². The molecule has 2 nitrogen and oxygen atoms in total. The van der Waals surface area contributed by atoms with Crippen LogP contribution in [0.3, 0.4) is 0 Å². The highest BCUT2D eigenvalue weighted by Crippen LogP contribution is 2.43. The fourth-order valence-electron chi connectivity index (χ4n) is 6.10. The van der Waals surface area contributed by atoms with Gasteiger partial charge in [0.25, 0.3) is 0 Å². The highest BCUT2D eigenvalue weighted by atomic mass is 15.0. The molecule has 0 fully saturated rings. The Morgan fingerprint density at radius 2 is 1.35 bits per heavy atom. The molecule has 1 N–H and O–H groups in total. The van der Waals surface area contributed by atoms with Gasteiger partial charge in [-0.05, 0) is 65.4 Å². The lowest BCUT2D eigenvalue weighted by atomic mass is 9.90. The van der Waals surface area contributed by atoms with Crippen LogP contribution in [0.25, 0.3) is 60.4 Å². The van der Waals surface area contributed by atoms with E-state index in [1.54, 1.807) is 0 Å². The minimum atomic E-state index is 1.10. The second kappa shape index (κ2) is 6.61. The Bertz CT molecular complexity index is 1880. The van der Waals surface area contributed by atoms with Crippen LogP contribution in [-0.2, 0) is 12.8 Å². The molecule has 0 unspecified atom stereocenters. The molecule has 0 amide bonds. The second-order valence-electron chi connectivity index (χ2n) is 9.41. The summed E-state index contributed by atoms with van der Waals surface area (Å²) in [5.74, 6) is 0. The van der Waals surface area contributed by atoms with Gasteiger partial charge in [0.05, 0.1) is 16.6 Å². The highest BCUT2D eigenvalue weighted by Gasteiger charge is 2.23. The number of aromatic nitrogens is 2. The van der Waals surface area contributed by atoms with Crippen molar-refractivity contribution in [1.29, 1.82) is 0 Å².